The van der Waals surface area contributed by atoms with Crippen molar-refractivity contribution in [2.24, 2.45) is 5.92 Å². The fourth-order valence-corrected chi connectivity index (χ4v) is 2.96. The lowest BCUT2D eigenvalue weighted by Gasteiger charge is -2.20. The number of allylic oxidation sites excluding steroid dienone is 1. The van der Waals surface area contributed by atoms with Crippen molar-refractivity contribution in [3.63, 3.8) is 0 Å². The van der Waals surface area contributed by atoms with Gasteiger partial charge in [-0.3, -0.25) is 0 Å². The molecule has 0 saturated heterocycles. The van der Waals surface area contributed by atoms with Crippen LogP contribution in [0.3, 0.4) is 0 Å². The summed E-state index contributed by atoms with van der Waals surface area (Å²) in [7, 11) is 0. The van der Waals surface area contributed by atoms with E-state index in [0.29, 0.717) is 26.4 Å². The molecule has 0 unspecified atom stereocenters. The van der Waals surface area contributed by atoms with E-state index in [1.54, 1.807) is 0 Å². The Hall–Kier alpha value is -2.20. The summed E-state index contributed by atoms with van der Waals surface area (Å²) in [6.07, 6.45) is 8.30. The second kappa shape index (κ2) is 13.9. The quantitative estimate of drug-likeness (QED) is 0.357. The Labute approximate surface area is 169 Å². The fraction of sp³-hybridized carbons (Fsp3) is 0.360. The molecule has 0 aliphatic carbocycles. The minimum absolute atomic E-state index is 0.0519. The van der Waals surface area contributed by atoms with E-state index in [1.165, 1.54) is 0 Å². The van der Waals surface area contributed by atoms with Crippen molar-refractivity contribution >= 4 is 0 Å². The van der Waals surface area contributed by atoms with Crippen LogP contribution in [0.25, 0.3) is 0 Å². The molecule has 0 spiro atoms. The minimum Gasteiger partial charge on any atom is -0.390 e. The van der Waals surface area contributed by atoms with E-state index >= 15 is 0 Å². The molecule has 3 heteroatoms. The molecule has 0 amide bonds. The third kappa shape index (κ3) is 9.14. The van der Waals surface area contributed by atoms with Crippen LogP contribution in [-0.2, 0) is 22.7 Å². The molecule has 2 aromatic rings. The van der Waals surface area contributed by atoms with Crippen molar-refractivity contribution in [3.8, 4) is 0 Å². The van der Waals surface area contributed by atoms with E-state index in [-0.39, 0.29) is 5.92 Å². The Kier molecular flexibility index (Phi) is 11.0. The van der Waals surface area contributed by atoms with Gasteiger partial charge in [-0.05, 0) is 30.4 Å². The van der Waals surface area contributed by atoms with Gasteiger partial charge in [-0.1, -0.05) is 78.9 Å². The zero-order valence-electron chi connectivity index (χ0n) is 16.6. The van der Waals surface area contributed by atoms with Crippen molar-refractivity contribution in [2.75, 3.05) is 13.2 Å². The Morgan fingerprint density at radius 1 is 0.893 bits per heavy atom. The van der Waals surface area contributed by atoms with Crippen LogP contribution >= 0.6 is 0 Å². The molecule has 2 rings (SSSR count). The van der Waals surface area contributed by atoms with E-state index in [4.69, 9.17) is 9.47 Å². The van der Waals surface area contributed by atoms with Gasteiger partial charge in [-0.25, -0.2) is 0 Å². The molecule has 3 nitrogen and oxygen atoms in total. The van der Waals surface area contributed by atoms with E-state index in [0.717, 1.165) is 30.4 Å². The Morgan fingerprint density at radius 3 is 2.11 bits per heavy atom. The molecule has 2 aromatic carbocycles. The first kappa shape index (κ1) is 22.1. The van der Waals surface area contributed by atoms with Gasteiger partial charge >= 0.3 is 0 Å². The highest BCUT2D eigenvalue weighted by molar-refractivity contribution is 5.14. The highest BCUT2D eigenvalue weighted by Crippen LogP contribution is 2.16. The van der Waals surface area contributed by atoms with Crippen LogP contribution in [0.1, 0.15) is 30.4 Å². The Morgan fingerprint density at radius 2 is 1.50 bits per heavy atom. The normalized spacial score (nSPS) is 13.5. The molecule has 0 aromatic heterocycles. The third-order valence-electron chi connectivity index (χ3n) is 4.55. The second-order valence-electron chi connectivity index (χ2n) is 6.88. The molecule has 1 N–H and O–H groups in total. The van der Waals surface area contributed by atoms with Crippen LogP contribution in [0.15, 0.2) is 85.5 Å². The van der Waals surface area contributed by atoms with Crippen molar-refractivity contribution in [1.29, 1.82) is 0 Å². The van der Waals surface area contributed by atoms with Gasteiger partial charge in [-0.2, -0.15) is 0 Å². The van der Waals surface area contributed by atoms with Gasteiger partial charge in [-0.15, -0.1) is 6.58 Å². The van der Waals surface area contributed by atoms with Crippen LogP contribution in [0.5, 0.6) is 0 Å². The molecule has 0 bridgehead atoms. The lowest BCUT2D eigenvalue weighted by molar-refractivity contribution is 0.00619. The monoisotopic (exact) mass is 380 g/mol. The standard InChI is InChI=1S/C25H32O3/c1-2-3-6-16-24(17-11-18-27-19-22-12-7-4-8-13-22)25(26)21-28-20-23-14-9-5-10-15-23/h2,4-5,7-15,17,24-26H,1,3,6,16,18-21H2/b17-11+/t24-,25-/m1/s1. The van der Waals surface area contributed by atoms with E-state index in [2.05, 4.69) is 24.8 Å². The van der Waals surface area contributed by atoms with Gasteiger partial charge in [0.25, 0.3) is 0 Å². The molecular formula is C25H32O3. The number of unbranched alkanes of at least 4 members (excludes halogenated alkanes) is 1. The lowest BCUT2D eigenvalue weighted by Crippen LogP contribution is -2.24. The van der Waals surface area contributed by atoms with Crippen LogP contribution in [-0.4, -0.2) is 24.4 Å². The van der Waals surface area contributed by atoms with Crippen LogP contribution in [0.2, 0.25) is 0 Å². The molecule has 0 heterocycles. The smallest absolute Gasteiger partial charge is 0.0836 e. The first-order valence-electron chi connectivity index (χ1n) is 9.98. The zero-order valence-corrected chi connectivity index (χ0v) is 16.6. The van der Waals surface area contributed by atoms with Gasteiger partial charge in [0.05, 0.1) is 32.5 Å². The van der Waals surface area contributed by atoms with E-state index < -0.39 is 6.10 Å². The summed E-state index contributed by atoms with van der Waals surface area (Å²) in [5, 5.41) is 10.6. The predicted octanol–water partition coefficient (Wildman–Crippen LogP) is 5.31. The summed E-state index contributed by atoms with van der Waals surface area (Å²) < 4.78 is 11.4. The molecule has 0 saturated carbocycles. The average molecular weight is 381 g/mol. The van der Waals surface area contributed by atoms with Crippen molar-refractivity contribution in [3.05, 3.63) is 96.6 Å². The number of aliphatic hydroxyl groups is 1. The number of rotatable bonds is 14. The number of aliphatic hydroxyl groups excluding tert-OH is 1. The first-order valence-corrected chi connectivity index (χ1v) is 9.98. The van der Waals surface area contributed by atoms with Gasteiger partial charge in [0.15, 0.2) is 0 Å². The Bertz CT molecular complexity index is 667. The van der Waals surface area contributed by atoms with Crippen LogP contribution < -0.4 is 0 Å². The zero-order chi connectivity index (χ0) is 19.9. The molecule has 150 valence electrons. The molecule has 0 radical (unpaired) electrons. The maximum atomic E-state index is 10.6. The molecule has 0 aliphatic rings. The summed E-state index contributed by atoms with van der Waals surface area (Å²) in [6.45, 7) is 5.74. The molecule has 28 heavy (non-hydrogen) atoms. The summed E-state index contributed by atoms with van der Waals surface area (Å²) in [5.74, 6) is 0.0519. The van der Waals surface area contributed by atoms with Crippen LogP contribution in [0.4, 0.5) is 0 Å². The van der Waals surface area contributed by atoms with Crippen molar-refractivity contribution in [2.45, 2.75) is 38.6 Å². The fourth-order valence-electron chi connectivity index (χ4n) is 2.96. The lowest BCUT2D eigenvalue weighted by atomic mass is 9.95. The maximum absolute atomic E-state index is 10.6. The largest absolute Gasteiger partial charge is 0.390 e. The van der Waals surface area contributed by atoms with E-state index in [1.807, 2.05) is 60.7 Å². The second-order valence-corrected chi connectivity index (χ2v) is 6.88. The Balaban J connectivity index is 1.75. The molecule has 2 atom stereocenters. The van der Waals surface area contributed by atoms with Gasteiger partial charge in [0, 0.05) is 5.92 Å². The SMILES string of the molecule is C=CCCC[C@H](/C=C/COCc1ccccc1)[C@H](O)COCc1ccccc1. The van der Waals surface area contributed by atoms with Crippen molar-refractivity contribution < 1.29 is 14.6 Å². The number of ether oxygens (including phenoxy) is 2. The average Bonchev–Trinajstić information content (AvgIpc) is 2.74. The van der Waals surface area contributed by atoms with Gasteiger partial charge in [0.2, 0.25) is 0 Å². The highest BCUT2D eigenvalue weighted by atomic mass is 16.5. The maximum Gasteiger partial charge on any atom is 0.0836 e. The molecular weight excluding hydrogens is 348 g/mol. The van der Waals surface area contributed by atoms with Gasteiger partial charge < -0.3 is 14.6 Å². The number of hydrogen-bond donors (Lipinski definition) is 1. The van der Waals surface area contributed by atoms with Gasteiger partial charge in [0.1, 0.15) is 0 Å². The number of benzene rings is 2. The van der Waals surface area contributed by atoms with Crippen molar-refractivity contribution in [1.82, 2.24) is 0 Å². The third-order valence-corrected chi connectivity index (χ3v) is 4.55. The van der Waals surface area contributed by atoms with E-state index in [9.17, 15) is 5.11 Å². The summed E-state index contributed by atoms with van der Waals surface area (Å²) in [5.41, 5.74) is 2.27. The summed E-state index contributed by atoms with van der Waals surface area (Å²) in [4.78, 5) is 0. The summed E-state index contributed by atoms with van der Waals surface area (Å²) in [6, 6.07) is 20.1. The molecule has 0 aliphatic heterocycles. The predicted molar refractivity (Wildman–Crippen MR) is 115 cm³/mol. The topological polar surface area (TPSA) is 38.7 Å². The minimum atomic E-state index is -0.529. The number of hydrogen-bond acceptors (Lipinski definition) is 3. The molecule has 0 fully saturated rings. The first-order chi connectivity index (χ1) is 13.8. The summed E-state index contributed by atoms with van der Waals surface area (Å²) >= 11 is 0. The highest BCUT2D eigenvalue weighted by Gasteiger charge is 2.16. The van der Waals surface area contributed by atoms with Crippen LogP contribution in [0, 0.1) is 5.92 Å².